The zero-order chi connectivity index (χ0) is 18.5. The summed E-state index contributed by atoms with van der Waals surface area (Å²) < 4.78 is 0. The molecular formula is C21H24N4O. The van der Waals surface area contributed by atoms with Gasteiger partial charge in [-0.3, -0.25) is 0 Å². The standard InChI is InChI=1S/C21H24N4O/c1-13-5-6-14-8-15(12-26)19(23-17(14)7-13)25-10-16-9-22-20(21(2,3)4)24-18(16)11-25/h5-9,26H,10-12H2,1-4H3. The SMILES string of the molecule is Cc1ccc2cc(CO)c(N3Cc4cnc(C(C)(C)C)nc4C3)nc2c1. The summed E-state index contributed by atoms with van der Waals surface area (Å²) in [6, 6.07) is 8.24. The molecule has 0 bridgehead atoms. The van der Waals surface area contributed by atoms with Crippen molar-refractivity contribution in [2.45, 2.75) is 52.8 Å². The van der Waals surface area contributed by atoms with Crippen LogP contribution in [-0.2, 0) is 25.1 Å². The molecule has 0 saturated carbocycles. The van der Waals surface area contributed by atoms with E-state index in [1.165, 1.54) is 5.56 Å². The summed E-state index contributed by atoms with van der Waals surface area (Å²) >= 11 is 0. The number of rotatable bonds is 2. The number of aliphatic hydroxyl groups excluding tert-OH is 1. The van der Waals surface area contributed by atoms with Crippen molar-refractivity contribution in [3.63, 3.8) is 0 Å². The largest absolute Gasteiger partial charge is 0.392 e. The number of fused-ring (bicyclic) bond motifs is 2. The quantitative estimate of drug-likeness (QED) is 0.766. The smallest absolute Gasteiger partial charge is 0.135 e. The van der Waals surface area contributed by atoms with Gasteiger partial charge in [0.2, 0.25) is 0 Å². The summed E-state index contributed by atoms with van der Waals surface area (Å²) in [5.41, 5.74) is 5.09. The molecule has 1 aliphatic rings. The van der Waals surface area contributed by atoms with E-state index < -0.39 is 0 Å². The molecule has 1 aliphatic heterocycles. The molecule has 3 heterocycles. The summed E-state index contributed by atoms with van der Waals surface area (Å²) in [7, 11) is 0. The van der Waals surface area contributed by atoms with Crippen LogP contribution in [0.1, 0.15) is 49.0 Å². The monoisotopic (exact) mass is 348 g/mol. The zero-order valence-electron chi connectivity index (χ0n) is 15.7. The number of anilines is 1. The van der Waals surface area contributed by atoms with Gasteiger partial charge in [-0.15, -0.1) is 0 Å². The Morgan fingerprint density at radius 2 is 1.92 bits per heavy atom. The fraction of sp³-hybridized carbons (Fsp3) is 0.381. The summed E-state index contributed by atoms with van der Waals surface area (Å²) in [5.74, 6) is 1.70. The van der Waals surface area contributed by atoms with Crippen molar-refractivity contribution in [3.05, 3.63) is 58.7 Å². The van der Waals surface area contributed by atoms with E-state index in [0.717, 1.165) is 45.9 Å². The fourth-order valence-electron chi connectivity index (χ4n) is 3.37. The van der Waals surface area contributed by atoms with Crippen molar-refractivity contribution in [1.82, 2.24) is 15.0 Å². The number of aromatic nitrogens is 3. The molecule has 0 fully saturated rings. The van der Waals surface area contributed by atoms with Gasteiger partial charge in [-0.05, 0) is 24.6 Å². The highest BCUT2D eigenvalue weighted by Gasteiger charge is 2.27. The van der Waals surface area contributed by atoms with Gasteiger partial charge in [0, 0.05) is 34.7 Å². The van der Waals surface area contributed by atoms with Gasteiger partial charge in [0.25, 0.3) is 0 Å². The first-order valence-electron chi connectivity index (χ1n) is 8.96. The van der Waals surface area contributed by atoms with Crippen molar-refractivity contribution in [1.29, 1.82) is 0 Å². The average molecular weight is 348 g/mol. The van der Waals surface area contributed by atoms with Crippen LogP contribution in [-0.4, -0.2) is 20.1 Å². The molecule has 1 aromatic carbocycles. The average Bonchev–Trinajstić information content (AvgIpc) is 3.02. The van der Waals surface area contributed by atoms with Crippen LogP contribution in [0.4, 0.5) is 5.82 Å². The molecule has 26 heavy (non-hydrogen) atoms. The zero-order valence-corrected chi connectivity index (χ0v) is 15.7. The predicted octanol–water partition coefficient (Wildman–Crippen LogP) is 3.64. The third-order valence-corrected chi connectivity index (χ3v) is 4.83. The molecule has 2 aromatic heterocycles. The number of pyridine rings is 1. The third kappa shape index (κ3) is 2.92. The lowest BCUT2D eigenvalue weighted by Crippen LogP contribution is -2.19. The van der Waals surface area contributed by atoms with Crippen LogP contribution in [0.25, 0.3) is 10.9 Å². The van der Waals surface area contributed by atoms with Crippen LogP contribution in [0.2, 0.25) is 0 Å². The van der Waals surface area contributed by atoms with E-state index in [1.807, 2.05) is 12.3 Å². The second kappa shape index (κ2) is 6.02. The highest BCUT2D eigenvalue weighted by molar-refractivity contribution is 5.82. The molecule has 134 valence electrons. The molecular weight excluding hydrogens is 324 g/mol. The van der Waals surface area contributed by atoms with Gasteiger partial charge in [0.15, 0.2) is 0 Å². The van der Waals surface area contributed by atoms with Crippen LogP contribution in [0, 0.1) is 6.92 Å². The normalized spacial score (nSPS) is 14.1. The molecule has 3 aromatic rings. The van der Waals surface area contributed by atoms with Crippen molar-refractivity contribution in [3.8, 4) is 0 Å². The first kappa shape index (κ1) is 16.9. The van der Waals surface area contributed by atoms with Crippen molar-refractivity contribution in [2.75, 3.05) is 4.90 Å². The molecule has 5 nitrogen and oxygen atoms in total. The number of nitrogens with zero attached hydrogens (tertiary/aromatic N) is 4. The van der Waals surface area contributed by atoms with E-state index in [0.29, 0.717) is 6.54 Å². The van der Waals surface area contributed by atoms with Gasteiger partial charge in [-0.25, -0.2) is 15.0 Å². The van der Waals surface area contributed by atoms with E-state index in [2.05, 4.69) is 55.8 Å². The van der Waals surface area contributed by atoms with Gasteiger partial charge in [-0.2, -0.15) is 0 Å². The van der Waals surface area contributed by atoms with E-state index in [9.17, 15) is 5.11 Å². The van der Waals surface area contributed by atoms with Crippen LogP contribution < -0.4 is 4.90 Å². The van der Waals surface area contributed by atoms with Gasteiger partial charge in [0.1, 0.15) is 11.6 Å². The van der Waals surface area contributed by atoms with Gasteiger partial charge < -0.3 is 10.0 Å². The number of aliphatic hydroxyl groups is 1. The van der Waals surface area contributed by atoms with Gasteiger partial charge >= 0.3 is 0 Å². The van der Waals surface area contributed by atoms with Crippen LogP contribution in [0.5, 0.6) is 0 Å². The van der Waals surface area contributed by atoms with Crippen LogP contribution in [0.15, 0.2) is 30.5 Å². The summed E-state index contributed by atoms with van der Waals surface area (Å²) in [4.78, 5) is 16.4. The maximum Gasteiger partial charge on any atom is 0.135 e. The molecule has 5 heteroatoms. The van der Waals surface area contributed by atoms with Crippen molar-refractivity contribution < 1.29 is 5.11 Å². The molecule has 4 rings (SSSR count). The van der Waals surface area contributed by atoms with E-state index in [4.69, 9.17) is 9.97 Å². The third-order valence-electron chi connectivity index (χ3n) is 4.83. The second-order valence-corrected chi connectivity index (χ2v) is 8.10. The van der Waals surface area contributed by atoms with Crippen LogP contribution >= 0.6 is 0 Å². The van der Waals surface area contributed by atoms with E-state index >= 15 is 0 Å². The van der Waals surface area contributed by atoms with E-state index in [1.54, 1.807) is 0 Å². The number of benzene rings is 1. The number of aryl methyl sites for hydroxylation is 1. The highest BCUT2D eigenvalue weighted by atomic mass is 16.3. The minimum atomic E-state index is -0.0720. The topological polar surface area (TPSA) is 62.1 Å². The molecule has 0 aliphatic carbocycles. The molecule has 0 unspecified atom stereocenters. The lowest BCUT2D eigenvalue weighted by atomic mass is 9.95. The minimum Gasteiger partial charge on any atom is -0.392 e. The second-order valence-electron chi connectivity index (χ2n) is 8.10. The van der Waals surface area contributed by atoms with Gasteiger partial charge in [0.05, 0.1) is 24.4 Å². The number of hydrogen-bond donors (Lipinski definition) is 1. The Morgan fingerprint density at radius 3 is 2.65 bits per heavy atom. The molecule has 0 amide bonds. The van der Waals surface area contributed by atoms with Crippen molar-refractivity contribution in [2.24, 2.45) is 0 Å². The van der Waals surface area contributed by atoms with Gasteiger partial charge in [-0.1, -0.05) is 32.9 Å². The van der Waals surface area contributed by atoms with Crippen LogP contribution in [0.3, 0.4) is 0 Å². The number of hydrogen-bond acceptors (Lipinski definition) is 5. The molecule has 0 atom stereocenters. The predicted molar refractivity (Wildman–Crippen MR) is 103 cm³/mol. The minimum absolute atomic E-state index is 0.0298. The molecule has 0 radical (unpaired) electrons. The Morgan fingerprint density at radius 1 is 1.12 bits per heavy atom. The lowest BCUT2D eigenvalue weighted by Gasteiger charge is -2.20. The maximum atomic E-state index is 9.87. The fourth-order valence-corrected chi connectivity index (χ4v) is 3.37. The maximum absolute atomic E-state index is 9.87. The first-order valence-corrected chi connectivity index (χ1v) is 8.96. The van der Waals surface area contributed by atoms with E-state index in [-0.39, 0.29) is 12.0 Å². The Hall–Kier alpha value is -2.53. The molecule has 1 N–H and O–H groups in total. The Bertz CT molecular complexity index is 991. The summed E-state index contributed by atoms with van der Waals surface area (Å²) in [6.45, 7) is 9.82. The Kier molecular flexibility index (Phi) is 3.92. The summed E-state index contributed by atoms with van der Waals surface area (Å²) in [6.07, 6.45) is 1.94. The molecule has 0 saturated heterocycles. The first-order chi connectivity index (χ1) is 12.3. The van der Waals surface area contributed by atoms with Crippen molar-refractivity contribution >= 4 is 16.7 Å². The summed E-state index contributed by atoms with van der Waals surface area (Å²) in [5, 5.41) is 10.9. The lowest BCUT2D eigenvalue weighted by molar-refractivity contribution is 0.282. The Labute approximate surface area is 153 Å². The molecule has 0 spiro atoms. The highest BCUT2D eigenvalue weighted by Crippen LogP contribution is 2.31. The Balaban J connectivity index is 1.74.